The second kappa shape index (κ2) is 9.05. The molecule has 5 rings (SSSR count). The molecule has 0 saturated carbocycles. The summed E-state index contributed by atoms with van der Waals surface area (Å²) in [6.45, 7) is 6.22. The van der Waals surface area contributed by atoms with Crippen LogP contribution in [0.2, 0.25) is 0 Å². The number of methoxy groups -OCH3 is 2. The molecule has 0 aliphatic rings. The molecule has 0 amide bonds. The molecule has 0 atom stereocenters. The van der Waals surface area contributed by atoms with Crippen LogP contribution >= 0.6 is 0 Å². The fourth-order valence-electron chi connectivity index (χ4n) is 3.70. The summed E-state index contributed by atoms with van der Waals surface area (Å²) >= 11 is 0. The topological polar surface area (TPSA) is 114 Å². The minimum absolute atomic E-state index is 0.267. The zero-order valence-corrected chi connectivity index (χ0v) is 20.1. The molecule has 10 heteroatoms. The molecule has 3 aromatic heterocycles. The summed E-state index contributed by atoms with van der Waals surface area (Å²) < 4.78 is 23.8. The van der Waals surface area contributed by atoms with Crippen LogP contribution in [0, 0.1) is 20.8 Å². The van der Waals surface area contributed by atoms with E-state index in [0.717, 1.165) is 28.3 Å². The molecule has 3 heterocycles. The van der Waals surface area contributed by atoms with E-state index in [1.165, 1.54) is 0 Å². The number of rotatable bonds is 7. The Hall–Kier alpha value is -4.47. The molecule has 0 saturated heterocycles. The second-order valence-electron chi connectivity index (χ2n) is 8.10. The monoisotopic (exact) mass is 472 g/mol. The summed E-state index contributed by atoms with van der Waals surface area (Å²) in [6.07, 6.45) is 0. The SMILES string of the molecule is COc1cc(OC)cc(-c2noc(-c3nnn(Cc4nc(-c5cccc(C)c5)oc4C)c3C)n2)c1. The number of oxazole rings is 1. The number of benzene rings is 2. The smallest absolute Gasteiger partial charge is 0.280 e. The lowest BCUT2D eigenvalue weighted by atomic mass is 10.1. The Bertz CT molecular complexity index is 1480. The Labute approximate surface area is 201 Å². The highest BCUT2D eigenvalue weighted by Gasteiger charge is 2.21. The minimum Gasteiger partial charge on any atom is -0.497 e. The van der Waals surface area contributed by atoms with Crippen LogP contribution in [0.4, 0.5) is 0 Å². The largest absolute Gasteiger partial charge is 0.497 e. The van der Waals surface area contributed by atoms with E-state index in [1.54, 1.807) is 37.1 Å². The highest BCUT2D eigenvalue weighted by Crippen LogP contribution is 2.30. The van der Waals surface area contributed by atoms with Crippen molar-refractivity contribution < 1.29 is 18.4 Å². The van der Waals surface area contributed by atoms with E-state index < -0.39 is 0 Å². The van der Waals surface area contributed by atoms with Gasteiger partial charge in [0.25, 0.3) is 5.89 Å². The molecule has 0 N–H and O–H groups in total. The molecule has 5 aromatic rings. The van der Waals surface area contributed by atoms with E-state index in [-0.39, 0.29) is 5.89 Å². The number of ether oxygens (including phenoxy) is 2. The van der Waals surface area contributed by atoms with Crippen molar-refractivity contribution in [3.05, 3.63) is 65.2 Å². The maximum atomic E-state index is 5.92. The van der Waals surface area contributed by atoms with Gasteiger partial charge in [-0.15, -0.1) is 5.10 Å². The van der Waals surface area contributed by atoms with Crippen LogP contribution < -0.4 is 9.47 Å². The molecule has 2 aromatic carbocycles. The Kier molecular flexibility index (Phi) is 5.77. The summed E-state index contributed by atoms with van der Waals surface area (Å²) in [5.74, 6) is 3.21. The van der Waals surface area contributed by atoms with E-state index in [4.69, 9.17) is 18.4 Å². The van der Waals surface area contributed by atoms with Crippen molar-refractivity contribution >= 4 is 0 Å². The fraction of sp³-hybridized carbons (Fsp3) is 0.240. The molecule has 0 radical (unpaired) electrons. The molecule has 0 unspecified atom stereocenters. The number of aromatic nitrogens is 6. The van der Waals surface area contributed by atoms with E-state index in [2.05, 4.69) is 25.4 Å². The summed E-state index contributed by atoms with van der Waals surface area (Å²) in [7, 11) is 3.17. The number of nitrogens with zero attached hydrogens (tertiary/aromatic N) is 6. The summed E-state index contributed by atoms with van der Waals surface area (Å²) in [4.78, 5) is 9.20. The Balaban J connectivity index is 1.41. The van der Waals surface area contributed by atoms with Gasteiger partial charge >= 0.3 is 0 Å². The zero-order valence-electron chi connectivity index (χ0n) is 20.1. The Morgan fingerprint density at radius 2 is 1.66 bits per heavy atom. The van der Waals surface area contributed by atoms with Gasteiger partial charge in [-0.1, -0.05) is 28.1 Å². The average Bonchev–Trinajstić information content (AvgIpc) is 3.58. The fourth-order valence-corrected chi connectivity index (χ4v) is 3.70. The number of hydrogen-bond acceptors (Lipinski definition) is 9. The first-order valence-corrected chi connectivity index (χ1v) is 11.0. The van der Waals surface area contributed by atoms with Gasteiger partial charge in [0.05, 0.1) is 26.5 Å². The molecule has 0 bridgehead atoms. The van der Waals surface area contributed by atoms with E-state index >= 15 is 0 Å². The van der Waals surface area contributed by atoms with Gasteiger partial charge in [-0.2, -0.15) is 4.98 Å². The summed E-state index contributed by atoms with van der Waals surface area (Å²) in [6, 6.07) is 13.4. The molecule has 178 valence electrons. The molecule has 35 heavy (non-hydrogen) atoms. The maximum Gasteiger partial charge on any atom is 0.280 e. The lowest BCUT2D eigenvalue weighted by molar-refractivity contribution is 0.394. The van der Waals surface area contributed by atoms with Gasteiger partial charge in [-0.25, -0.2) is 9.67 Å². The van der Waals surface area contributed by atoms with Crippen LogP contribution in [0.15, 0.2) is 51.4 Å². The van der Waals surface area contributed by atoms with Crippen molar-refractivity contribution in [2.24, 2.45) is 0 Å². The van der Waals surface area contributed by atoms with Crippen molar-refractivity contribution in [3.8, 4) is 45.9 Å². The Morgan fingerprint density at radius 3 is 2.37 bits per heavy atom. The second-order valence-corrected chi connectivity index (χ2v) is 8.10. The normalized spacial score (nSPS) is 11.1. The van der Waals surface area contributed by atoms with Crippen molar-refractivity contribution in [3.63, 3.8) is 0 Å². The van der Waals surface area contributed by atoms with Crippen molar-refractivity contribution in [2.75, 3.05) is 14.2 Å². The van der Waals surface area contributed by atoms with Crippen LogP contribution in [0.1, 0.15) is 22.7 Å². The summed E-state index contributed by atoms with van der Waals surface area (Å²) in [5.41, 5.74) is 4.81. The third-order valence-electron chi connectivity index (χ3n) is 5.68. The molecule has 0 aliphatic heterocycles. The first-order chi connectivity index (χ1) is 16.9. The van der Waals surface area contributed by atoms with Crippen molar-refractivity contribution in [1.82, 2.24) is 30.1 Å². The van der Waals surface area contributed by atoms with Crippen molar-refractivity contribution in [2.45, 2.75) is 27.3 Å². The van der Waals surface area contributed by atoms with Gasteiger partial charge in [-0.3, -0.25) is 0 Å². The lowest BCUT2D eigenvalue weighted by Gasteiger charge is -2.05. The van der Waals surface area contributed by atoms with Crippen LogP contribution in [0.25, 0.3) is 34.4 Å². The molecule has 0 spiro atoms. The van der Waals surface area contributed by atoms with Crippen molar-refractivity contribution in [1.29, 1.82) is 0 Å². The minimum atomic E-state index is 0.267. The van der Waals surface area contributed by atoms with Crippen LogP contribution in [0.3, 0.4) is 0 Å². The molecular weight excluding hydrogens is 448 g/mol. The van der Waals surface area contributed by atoms with Crippen LogP contribution in [-0.2, 0) is 6.54 Å². The molecule has 10 nitrogen and oxygen atoms in total. The highest BCUT2D eigenvalue weighted by molar-refractivity contribution is 5.63. The van der Waals surface area contributed by atoms with Gasteiger partial charge in [-0.05, 0) is 45.0 Å². The average molecular weight is 473 g/mol. The van der Waals surface area contributed by atoms with E-state index in [0.29, 0.717) is 41.0 Å². The van der Waals surface area contributed by atoms with E-state index in [1.807, 2.05) is 45.0 Å². The zero-order chi connectivity index (χ0) is 24.5. The first kappa shape index (κ1) is 22.3. The van der Waals surface area contributed by atoms with Gasteiger partial charge in [0.2, 0.25) is 11.7 Å². The first-order valence-electron chi connectivity index (χ1n) is 11.0. The van der Waals surface area contributed by atoms with Gasteiger partial charge in [0.15, 0.2) is 5.69 Å². The van der Waals surface area contributed by atoms with E-state index in [9.17, 15) is 0 Å². The standard InChI is InChI=1S/C25H24N6O4/c1-14-7-6-8-17(9-14)24-26-21(16(3)34-24)13-31-15(2)22(28-30-31)25-27-23(29-35-25)18-10-19(32-4)12-20(11-18)33-5/h6-12H,13H2,1-5H3. The number of hydrogen-bond donors (Lipinski definition) is 0. The van der Waals surface area contributed by atoms with Gasteiger partial charge in [0.1, 0.15) is 23.0 Å². The molecule has 0 aliphatic carbocycles. The predicted octanol–water partition coefficient (Wildman–Crippen LogP) is 4.64. The third kappa shape index (κ3) is 4.37. The van der Waals surface area contributed by atoms with Crippen LogP contribution in [0.5, 0.6) is 11.5 Å². The van der Waals surface area contributed by atoms with Crippen LogP contribution in [-0.4, -0.2) is 44.3 Å². The molecular formula is C25H24N6O4. The number of aryl methyl sites for hydroxylation is 2. The molecule has 0 fully saturated rings. The predicted molar refractivity (Wildman–Crippen MR) is 127 cm³/mol. The Morgan fingerprint density at radius 1 is 0.886 bits per heavy atom. The quantitative estimate of drug-likeness (QED) is 0.334. The summed E-state index contributed by atoms with van der Waals surface area (Å²) in [5, 5.41) is 12.7. The maximum absolute atomic E-state index is 5.92. The van der Waals surface area contributed by atoms with Gasteiger partial charge in [0, 0.05) is 17.2 Å². The van der Waals surface area contributed by atoms with Gasteiger partial charge < -0.3 is 18.4 Å². The third-order valence-corrected chi connectivity index (χ3v) is 5.68. The highest BCUT2D eigenvalue weighted by atomic mass is 16.5. The lowest BCUT2D eigenvalue weighted by Crippen LogP contribution is -2.05.